The maximum atomic E-state index is 11.1. The molecular weight excluding hydrogens is 216 g/mol. The van der Waals surface area contributed by atoms with Crippen molar-refractivity contribution >= 4 is 6.29 Å². The Morgan fingerprint density at radius 3 is 2.82 bits per heavy atom. The molecule has 1 unspecified atom stereocenters. The number of carbonyl (C=O) groups is 1. The Morgan fingerprint density at radius 1 is 1.41 bits per heavy atom. The number of hydrogen-bond donors (Lipinski definition) is 1. The van der Waals surface area contributed by atoms with Crippen LogP contribution >= 0.6 is 0 Å². The van der Waals surface area contributed by atoms with E-state index in [-0.39, 0.29) is 0 Å². The summed E-state index contributed by atoms with van der Waals surface area (Å²) < 4.78 is 5.71. The number of nitrogens with zero attached hydrogens (tertiary/aromatic N) is 1. The van der Waals surface area contributed by atoms with Crippen molar-refractivity contribution in [3.63, 3.8) is 0 Å². The summed E-state index contributed by atoms with van der Waals surface area (Å²) in [5.74, 6) is 0.751. The Balaban J connectivity index is 2.01. The number of rotatable bonds is 4. The summed E-state index contributed by atoms with van der Waals surface area (Å²) in [6.07, 6.45) is 0.395. The van der Waals surface area contributed by atoms with Gasteiger partial charge in [-0.15, -0.1) is 0 Å². The quantitative estimate of drug-likeness (QED) is 0.783. The average Bonchev–Trinajstić information content (AvgIpc) is 2.37. The number of aldehydes is 1. The summed E-state index contributed by atoms with van der Waals surface area (Å²) in [7, 11) is 0. The molecule has 92 valence electrons. The fourth-order valence-corrected chi connectivity index (χ4v) is 1.95. The van der Waals surface area contributed by atoms with Crippen molar-refractivity contribution in [1.82, 2.24) is 10.2 Å². The van der Waals surface area contributed by atoms with Gasteiger partial charge >= 0.3 is 0 Å². The highest BCUT2D eigenvalue weighted by Gasteiger charge is 2.21. The van der Waals surface area contributed by atoms with E-state index in [1.54, 1.807) is 0 Å². The molecule has 0 aromatic heterocycles. The van der Waals surface area contributed by atoms with E-state index in [4.69, 9.17) is 4.74 Å². The summed E-state index contributed by atoms with van der Waals surface area (Å²) in [6, 6.07) is 7.77. The van der Waals surface area contributed by atoms with Crippen LogP contribution in [0.15, 0.2) is 24.3 Å². The number of piperazine rings is 1. The molecule has 1 atom stereocenters. The van der Waals surface area contributed by atoms with Gasteiger partial charge in [0.25, 0.3) is 0 Å². The van der Waals surface area contributed by atoms with Gasteiger partial charge in [0.2, 0.25) is 6.23 Å². The van der Waals surface area contributed by atoms with Crippen LogP contribution in [0.25, 0.3) is 0 Å². The molecule has 4 nitrogen and oxygen atoms in total. The van der Waals surface area contributed by atoms with Crippen molar-refractivity contribution < 1.29 is 9.53 Å². The highest BCUT2D eigenvalue weighted by Crippen LogP contribution is 2.15. The lowest BCUT2D eigenvalue weighted by atomic mass is 10.2. The van der Waals surface area contributed by atoms with Crippen LogP contribution in [-0.2, 0) is 4.79 Å². The van der Waals surface area contributed by atoms with Gasteiger partial charge in [0.1, 0.15) is 5.75 Å². The van der Waals surface area contributed by atoms with Gasteiger partial charge in [0, 0.05) is 26.2 Å². The van der Waals surface area contributed by atoms with E-state index < -0.39 is 6.23 Å². The van der Waals surface area contributed by atoms with Gasteiger partial charge < -0.3 is 10.1 Å². The fraction of sp³-hybridized carbons (Fsp3) is 0.462. The molecule has 1 aromatic carbocycles. The van der Waals surface area contributed by atoms with Crippen molar-refractivity contribution in [2.75, 3.05) is 26.2 Å². The van der Waals surface area contributed by atoms with Crippen LogP contribution in [0.5, 0.6) is 5.75 Å². The second-order valence-electron chi connectivity index (χ2n) is 4.25. The first kappa shape index (κ1) is 12.1. The fourth-order valence-electron chi connectivity index (χ4n) is 1.95. The third kappa shape index (κ3) is 3.28. The van der Waals surface area contributed by atoms with Gasteiger partial charge in [0.05, 0.1) is 0 Å². The van der Waals surface area contributed by atoms with E-state index >= 15 is 0 Å². The SMILES string of the molecule is Cc1cccc(OC(C=O)N2CCNCC2)c1. The Hall–Kier alpha value is -1.39. The zero-order valence-corrected chi connectivity index (χ0v) is 10.1. The summed E-state index contributed by atoms with van der Waals surface area (Å²) in [4.78, 5) is 13.2. The topological polar surface area (TPSA) is 41.6 Å². The molecule has 1 N–H and O–H groups in total. The van der Waals surface area contributed by atoms with Gasteiger partial charge in [-0.05, 0) is 24.6 Å². The Bertz CT molecular complexity index is 375. The lowest BCUT2D eigenvalue weighted by Gasteiger charge is -2.31. The molecular formula is C13H18N2O2. The van der Waals surface area contributed by atoms with Gasteiger partial charge in [-0.25, -0.2) is 0 Å². The number of benzene rings is 1. The van der Waals surface area contributed by atoms with E-state index in [2.05, 4.69) is 5.32 Å². The van der Waals surface area contributed by atoms with Crippen LogP contribution in [0.4, 0.5) is 0 Å². The molecule has 0 saturated carbocycles. The van der Waals surface area contributed by atoms with Crippen molar-refractivity contribution in [3.8, 4) is 5.75 Å². The summed E-state index contributed by atoms with van der Waals surface area (Å²) in [5.41, 5.74) is 1.13. The van der Waals surface area contributed by atoms with Crippen molar-refractivity contribution in [1.29, 1.82) is 0 Å². The predicted molar refractivity (Wildman–Crippen MR) is 66.1 cm³/mol. The van der Waals surface area contributed by atoms with Crippen LogP contribution in [0.1, 0.15) is 5.56 Å². The first-order valence-electron chi connectivity index (χ1n) is 5.93. The van der Waals surface area contributed by atoms with Crippen LogP contribution in [-0.4, -0.2) is 43.6 Å². The van der Waals surface area contributed by atoms with E-state index in [0.717, 1.165) is 43.8 Å². The minimum absolute atomic E-state index is 0.473. The lowest BCUT2D eigenvalue weighted by Crippen LogP contribution is -2.51. The molecule has 1 aliphatic rings. The minimum Gasteiger partial charge on any atom is -0.468 e. The van der Waals surface area contributed by atoms with Gasteiger partial charge in [-0.3, -0.25) is 9.69 Å². The number of ether oxygens (including phenoxy) is 1. The molecule has 0 aliphatic carbocycles. The Morgan fingerprint density at radius 2 is 2.18 bits per heavy atom. The zero-order valence-electron chi connectivity index (χ0n) is 10.1. The van der Waals surface area contributed by atoms with Crippen molar-refractivity contribution in [2.24, 2.45) is 0 Å². The standard InChI is InChI=1S/C13H18N2O2/c1-11-3-2-4-12(9-11)17-13(10-16)15-7-5-14-6-8-15/h2-4,9-10,13-14H,5-8H2,1H3. The second-order valence-corrected chi connectivity index (χ2v) is 4.25. The molecule has 1 saturated heterocycles. The molecule has 0 amide bonds. The third-order valence-electron chi connectivity index (χ3n) is 2.87. The lowest BCUT2D eigenvalue weighted by molar-refractivity contribution is -0.122. The van der Waals surface area contributed by atoms with Gasteiger partial charge in [0.15, 0.2) is 6.29 Å². The van der Waals surface area contributed by atoms with Crippen LogP contribution in [0, 0.1) is 6.92 Å². The van der Waals surface area contributed by atoms with Gasteiger partial charge in [-0.2, -0.15) is 0 Å². The van der Waals surface area contributed by atoms with E-state index in [9.17, 15) is 4.79 Å². The molecule has 0 spiro atoms. The van der Waals surface area contributed by atoms with Gasteiger partial charge in [-0.1, -0.05) is 12.1 Å². The maximum absolute atomic E-state index is 11.1. The van der Waals surface area contributed by atoms with Crippen LogP contribution in [0.3, 0.4) is 0 Å². The van der Waals surface area contributed by atoms with E-state index in [1.807, 2.05) is 36.1 Å². The molecule has 17 heavy (non-hydrogen) atoms. The summed E-state index contributed by atoms with van der Waals surface area (Å²) in [5, 5.41) is 3.25. The Labute approximate surface area is 102 Å². The minimum atomic E-state index is -0.473. The van der Waals surface area contributed by atoms with E-state index in [1.165, 1.54) is 0 Å². The zero-order chi connectivity index (χ0) is 12.1. The molecule has 0 radical (unpaired) electrons. The molecule has 1 heterocycles. The number of aryl methyl sites for hydroxylation is 1. The maximum Gasteiger partial charge on any atom is 0.209 e. The third-order valence-corrected chi connectivity index (χ3v) is 2.87. The number of carbonyl (C=O) groups excluding carboxylic acids is 1. The first-order valence-corrected chi connectivity index (χ1v) is 5.93. The average molecular weight is 234 g/mol. The molecule has 1 aliphatic heterocycles. The first-order chi connectivity index (χ1) is 8.29. The monoisotopic (exact) mass is 234 g/mol. The predicted octanol–water partition coefficient (Wildman–Crippen LogP) is 0.804. The highest BCUT2D eigenvalue weighted by molar-refractivity contribution is 5.56. The normalized spacial score (nSPS) is 18.6. The molecule has 1 aromatic rings. The highest BCUT2D eigenvalue weighted by atomic mass is 16.5. The number of hydrogen-bond acceptors (Lipinski definition) is 4. The Kier molecular flexibility index (Phi) is 4.12. The number of nitrogens with one attached hydrogen (secondary N) is 1. The molecule has 1 fully saturated rings. The largest absolute Gasteiger partial charge is 0.468 e. The summed E-state index contributed by atoms with van der Waals surface area (Å²) in [6.45, 7) is 5.50. The summed E-state index contributed by atoms with van der Waals surface area (Å²) >= 11 is 0. The molecule has 0 bridgehead atoms. The van der Waals surface area contributed by atoms with E-state index in [0.29, 0.717) is 0 Å². The molecule has 4 heteroatoms. The van der Waals surface area contributed by atoms with Crippen LogP contribution in [0.2, 0.25) is 0 Å². The smallest absolute Gasteiger partial charge is 0.209 e. The second kappa shape index (κ2) is 5.80. The van der Waals surface area contributed by atoms with Crippen molar-refractivity contribution in [2.45, 2.75) is 13.2 Å². The van der Waals surface area contributed by atoms with Crippen LogP contribution < -0.4 is 10.1 Å². The molecule has 2 rings (SSSR count). The van der Waals surface area contributed by atoms with Crippen molar-refractivity contribution in [3.05, 3.63) is 29.8 Å².